The molecule has 0 unspecified atom stereocenters. The number of aliphatic carboxylic acids is 1. The predicted octanol–water partition coefficient (Wildman–Crippen LogP) is 14.3. The van der Waals surface area contributed by atoms with Crippen molar-refractivity contribution in [3.05, 3.63) is 276 Å². The van der Waals surface area contributed by atoms with E-state index in [2.05, 4.69) is 146 Å². The van der Waals surface area contributed by atoms with Crippen molar-refractivity contribution in [2.75, 3.05) is 14.2 Å². The van der Waals surface area contributed by atoms with Crippen LogP contribution >= 0.6 is 0 Å². The molecule has 0 saturated heterocycles. The summed E-state index contributed by atoms with van der Waals surface area (Å²) in [5.41, 5.74) is 10.2. The van der Waals surface area contributed by atoms with Crippen LogP contribution in [0, 0.1) is 0 Å². The van der Waals surface area contributed by atoms with E-state index in [4.69, 9.17) is 36.9 Å². The number of fused-ring (bicyclic) bond motifs is 6. The molecule has 0 fully saturated rings. The van der Waals surface area contributed by atoms with Gasteiger partial charge in [0.05, 0.1) is 19.6 Å². The highest BCUT2D eigenvalue weighted by atomic mass is 32.3. The summed E-state index contributed by atoms with van der Waals surface area (Å²) >= 11 is 0. The van der Waals surface area contributed by atoms with Crippen LogP contribution in [0.3, 0.4) is 0 Å². The fourth-order valence-electron chi connectivity index (χ4n) is 9.91. The van der Waals surface area contributed by atoms with E-state index in [1.807, 2.05) is 91.0 Å². The van der Waals surface area contributed by atoms with Gasteiger partial charge in [0, 0.05) is 25.0 Å². The van der Waals surface area contributed by atoms with Crippen LogP contribution in [-0.4, -0.2) is 47.9 Å². The van der Waals surface area contributed by atoms with Crippen LogP contribution < -0.4 is 9.47 Å². The second-order valence-corrected chi connectivity index (χ2v) is 17.8. The largest absolute Gasteiger partial charge is 0.496 e. The van der Waals surface area contributed by atoms with Gasteiger partial charge in [0.15, 0.2) is 0 Å². The number of hydrogen-bond donors (Lipinski definition) is 4. The number of rotatable bonds is 8. The van der Waals surface area contributed by atoms with E-state index < -0.39 is 27.4 Å². The third-order valence-electron chi connectivity index (χ3n) is 12.7. The van der Waals surface area contributed by atoms with Gasteiger partial charge < -0.3 is 19.7 Å². The zero-order valence-electron chi connectivity index (χ0n) is 39.8. The standard InChI is InChI=1S/C30H24O2.C30H22O.C2H4O2.CH4.H2O4S.H2/c1-32-29-21-23-13-9-8-12-22(23)20-27(29)26-18-10-11-19-28(26)30(31,24-14-4-2-5-15-24)25-16-6-3-7-17-25;1-31-27-20-21-12-8-9-17-24(21)29-28(27)25-18-10-11-19-26(25)30(29,22-13-4-2-5-14-22)23-15-6-3-7-16-23;1-2(3)4;;1-5(2,3)4;/h2-21,31H,1H3;2-20H,1H3;1H3,(H,3,4);1H4;(H2,1,2,3,4);1H/i;;;;;1+1. The van der Waals surface area contributed by atoms with Crippen LogP contribution in [0.2, 0.25) is 0 Å². The lowest BCUT2D eigenvalue weighted by Crippen LogP contribution is -2.29. The normalized spacial score (nSPS) is 11.9. The van der Waals surface area contributed by atoms with Crippen LogP contribution in [0.15, 0.2) is 237 Å². The molecule has 10 aromatic rings. The molecule has 10 heteroatoms. The topological polar surface area (TPSA) is 151 Å². The molecule has 9 nitrogen and oxygen atoms in total. The Bertz CT molecular complexity index is 3500. The van der Waals surface area contributed by atoms with Crippen molar-refractivity contribution in [2.45, 2.75) is 25.4 Å². The van der Waals surface area contributed by atoms with Gasteiger partial charge in [0.1, 0.15) is 17.1 Å². The van der Waals surface area contributed by atoms with Crippen molar-refractivity contribution in [1.29, 1.82) is 0 Å². The molecule has 73 heavy (non-hydrogen) atoms. The van der Waals surface area contributed by atoms with E-state index in [-0.39, 0.29) is 8.85 Å². The molecule has 0 aliphatic heterocycles. The lowest BCUT2D eigenvalue weighted by molar-refractivity contribution is -0.134. The van der Waals surface area contributed by atoms with Gasteiger partial charge in [-0.25, -0.2) is 0 Å². The molecular formula is C63H58O9S. The number of carbonyl (C=O) groups is 1. The SMILES string of the molecule is C.CC(=O)O.COc1cc2ccccc2c2c1-c1ccccc1C2(c1ccccc1)c1ccccc1.COc1cc2ccccc2cc1-c1ccccc1C(O)(c1ccccc1)c1ccccc1.O=S(=O)(O)O.[2HH]. The summed E-state index contributed by atoms with van der Waals surface area (Å²) in [6.45, 7) is 1.08. The summed E-state index contributed by atoms with van der Waals surface area (Å²) < 4.78 is 43.4. The summed E-state index contributed by atoms with van der Waals surface area (Å²) in [6, 6.07) is 81.6. The maximum Gasteiger partial charge on any atom is 0.394 e. The lowest BCUT2D eigenvalue weighted by atomic mass is 9.66. The van der Waals surface area contributed by atoms with Crippen LogP contribution in [0.4, 0.5) is 0 Å². The highest BCUT2D eigenvalue weighted by molar-refractivity contribution is 7.79. The second kappa shape index (κ2) is 22.8. The fourth-order valence-corrected chi connectivity index (χ4v) is 9.91. The van der Waals surface area contributed by atoms with Crippen LogP contribution in [0.5, 0.6) is 11.5 Å². The van der Waals surface area contributed by atoms with Gasteiger partial charge in [0.25, 0.3) is 5.97 Å². The minimum Gasteiger partial charge on any atom is -0.496 e. The predicted molar refractivity (Wildman–Crippen MR) is 295 cm³/mol. The molecule has 0 atom stereocenters. The molecule has 0 heterocycles. The third kappa shape index (κ3) is 10.8. The third-order valence-corrected chi connectivity index (χ3v) is 12.7. The van der Waals surface area contributed by atoms with E-state index in [1.54, 1.807) is 14.2 Å². The highest BCUT2D eigenvalue weighted by Gasteiger charge is 2.48. The number of hydrogen-bond acceptors (Lipinski definition) is 6. The number of ether oxygens (including phenoxy) is 2. The number of aliphatic hydroxyl groups is 1. The van der Waals surface area contributed by atoms with E-state index >= 15 is 0 Å². The van der Waals surface area contributed by atoms with Gasteiger partial charge >= 0.3 is 10.4 Å². The molecule has 0 aromatic heterocycles. The lowest BCUT2D eigenvalue weighted by Gasteiger charge is -2.34. The zero-order chi connectivity index (χ0) is 50.9. The number of carboxylic acid groups (broad SMARTS) is 1. The van der Waals surface area contributed by atoms with Gasteiger partial charge in [0.2, 0.25) is 0 Å². The molecule has 370 valence electrons. The van der Waals surface area contributed by atoms with E-state index in [0.717, 1.165) is 57.0 Å². The Hall–Kier alpha value is -8.38. The first-order chi connectivity index (χ1) is 34.8. The average Bonchev–Trinajstić information content (AvgIpc) is 3.73. The van der Waals surface area contributed by atoms with E-state index in [0.29, 0.717) is 0 Å². The van der Waals surface area contributed by atoms with Gasteiger partial charge in [-0.1, -0.05) is 226 Å². The van der Waals surface area contributed by atoms with Crippen molar-refractivity contribution in [2.24, 2.45) is 0 Å². The molecule has 1 aliphatic carbocycles. The molecular weight excluding hydrogens is 933 g/mol. The van der Waals surface area contributed by atoms with E-state index in [9.17, 15) is 5.11 Å². The first-order valence-corrected chi connectivity index (χ1v) is 24.4. The van der Waals surface area contributed by atoms with Crippen molar-refractivity contribution in [3.63, 3.8) is 0 Å². The molecule has 0 radical (unpaired) electrons. The molecule has 4 N–H and O–H groups in total. The highest BCUT2D eigenvalue weighted by Crippen LogP contribution is 2.60. The minimum absolute atomic E-state index is 0. The molecule has 11 rings (SSSR count). The minimum atomic E-state index is -4.67. The molecule has 10 aromatic carbocycles. The smallest absolute Gasteiger partial charge is 0.394 e. The summed E-state index contributed by atoms with van der Waals surface area (Å²) in [6.07, 6.45) is 0. The van der Waals surface area contributed by atoms with Crippen molar-refractivity contribution >= 4 is 37.9 Å². The van der Waals surface area contributed by atoms with Crippen molar-refractivity contribution < 1.29 is 43.4 Å². The van der Waals surface area contributed by atoms with Crippen LogP contribution in [-0.2, 0) is 26.2 Å². The van der Waals surface area contributed by atoms with Gasteiger partial charge in [-0.3, -0.25) is 13.9 Å². The molecule has 0 bridgehead atoms. The summed E-state index contributed by atoms with van der Waals surface area (Å²) in [4.78, 5) is 9.00. The monoisotopic (exact) mass is 991 g/mol. The maximum atomic E-state index is 12.4. The average molecular weight is 992 g/mol. The second-order valence-electron chi connectivity index (χ2n) is 16.9. The summed E-state index contributed by atoms with van der Waals surface area (Å²) in [5, 5.41) is 24.5. The Morgan fingerprint density at radius 3 is 1.40 bits per heavy atom. The van der Waals surface area contributed by atoms with Crippen molar-refractivity contribution in [3.8, 4) is 33.8 Å². The van der Waals surface area contributed by atoms with Gasteiger partial charge in [-0.15, -0.1) is 0 Å². The van der Waals surface area contributed by atoms with Crippen LogP contribution in [0.25, 0.3) is 43.8 Å². The Morgan fingerprint density at radius 1 is 0.507 bits per heavy atom. The quantitative estimate of drug-likeness (QED) is 0.0861. The maximum absolute atomic E-state index is 12.4. The Morgan fingerprint density at radius 2 is 0.890 bits per heavy atom. The van der Waals surface area contributed by atoms with Gasteiger partial charge in [-0.2, -0.15) is 8.42 Å². The van der Waals surface area contributed by atoms with Crippen LogP contribution in [0.1, 0.15) is 54.7 Å². The Labute approximate surface area is 428 Å². The van der Waals surface area contributed by atoms with Gasteiger partial charge in [-0.05, 0) is 84.3 Å². The Kier molecular flexibility index (Phi) is 16.4. The molecule has 0 saturated carbocycles. The summed E-state index contributed by atoms with van der Waals surface area (Å²) in [5.74, 6) is 0.870. The fraction of sp³-hybridized carbons (Fsp3) is 0.0952. The number of methoxy groups -OCH3 is 2. The number of carboxylic acids is 1. The molecule has 0 spiro atoms. The van der Waals surface area contributed by atoms with E-state index in [1.165, 1.54) is 44.2 Å². The Balaban J connectivity index is 0.000000203. The number of benzene rings is 10. The first-order valence-electron chi connectivity index (χ1n) is 23.0. The van der Waals surface area contributed by atoms with Crippen molar-refractivity contribution in [1.82, 2.24) is 0 Å². The molecule has 1 aliphatic rings. The zero-order valence-corrected chi connectivity index (χ0v) is 40.6. The molecule has 0 amide bonds. The summed E-state index contributed by atoms with van der Waals surface area (Å²) in [7, 11) is -1.20. The first kappa shape index (κ1) is 52.4.